The van der Waals surface area contributed by atoms with Gasteiger partial charge in [0.15, 0.2) is 0 Å². The molecule has 16 heavy (non-hydrogen) atoms. The number of nitrogens with two attached hydrogens (primary N) is 1. The highest BCUT2D eigenvalue weighted by Crippen LogP contribution is 2.20. The van der Waals surface area contributed by atoms with Crippen molar-refractivity contribution in [3.05, 3.63) is 41.9 Å². The van der Waals surface area contributed by atoms with E-state index in [2.05, 4.69) is 18.8 Å². The Labute approximate surface area is 95.1 Å². The first-order chi connectivity index (χ1) is 7.76. The van der Waals surface area contributed by atoms with Gasteiger partial charge in [-0.05, 0) is 19.1 Å². The summed E-state index contributed by atoms with van der Waals surface area (Å²) in [6.45, 7) is 4.99. The Balaban J connectivity index is 2.27. The Morgan fingerprint density at radius 2 is 2.25 bits per heavy atom. The topological polar surface area (TPSA) is 57.0 Å². The SMILES string of the molecule is CCc1ccc(C(N)c2nccn2CC)o1. The van der Waals surface area contributed by atoms with E-state index < -0.39 is 0 Å². The van der Waals surface area contributed by atoms with Crippen LogP contribution in [0.4, 0.5) is 0 Å². The summed E-state index contributed by atoms with van der Waals surface area (Å²) in [5, 5.41) is 0. The molecule has 4 nitrogen and oxygen atoms in total. The van der Waals surface area contributed by atoms with Gasteiger partial charge in [0, 0.05) is 25.4 Å². The van der Waals surface area contributed by atoms with Crippen molar-refractivity contribution in [3.8, 4) is 0 Å². The van der Waals surface area contributed by atoms with E-state index in [4.69, 9.17) is 10.2 Å². The van der Waals surface area contributed by atoms with Crippen LogP contribution in [0.25, 0.3) is 0 Å². The van der Waals surface area contributed by atoms with Gasteiger partial charge < -0.3 is 14.7 Å². The predicted molar refractivity (Wildman–Crippen MR) is 62.0 cm³/mol. The smallest absolute Gasteiger partial charge is 0.133 e. The van der Waals surface area contributed by atoms with Crippen LogP contribution in [0.15, 0.2) is 28.9 Å². The van der Waals surface area contributed by atoms with Gasteiger partial charge in [-0.1, -0.05) is 6.92 Å². The molecule has 4 heteroatoms. The highest BCUT2D eigenvalue weighted by Gasteiger charge is 2.17. The van der Waals surface area contributed by atoms with E-state index in [1.165, 1.54) is 0 Å². The molecular formula is C12H17N3O. The van der Waals surface area contributed by atoms with E-state index in [9.17, 15) is 0 Å². The Kier molecular flexibility index (Phi) is 3.10. The highest BCUT2D eigenvalue weighted by atomic mass is 16.3. The fraction of sp³-hybridized carbons (Fsp3) is 0.417. The van der Waals surface area contributed by atoms with E-state index in [1.807, 2.05) is 22.9 Å². The summed E-state index contributed by atoms with van der Waals surface area (Å²) in [4.78, 5) is 4.28. The lowest BCUT2D eigenvalue weighted by atomic mass is 10.2. The number of imidazole rings is 1. The third-order valence-electron chi connectivity index (χ3n) is 2.70. The lowest BCUT2D eigenvalue weighted by Gasteiger charge is -2.10. The molecule has 0 spiro atoms. The van der Waals surface area contributed by atoms with Crippen LogP contribution in [-0.2, 0) is 13.0 Å². The van der Waals surface area contributed by atoms with Gasteiger partial charge in [0.2, 0.25) is 0 Å². The fourth-order valence-corrected chi connectivity index (χ4v) is 1.75. The Morgan fingerprint density at radius 3 is 2.88 bits per heavy atom. The van der Waals surface area contributed by atoms with Crippen molar-refractivity contribution in [1.82, 2.24) is 9.55 Å². The van der Waals surface area contributed by atoms with Crippen LogP contribution in [0.5, 0.6) is 0 Å². The molecule has 0 amide bonds. The number of hydrogen-bond donors (Lipinski definition) is 1. The van der Waals surface area contributed by atoms with Crippen molar-refractivity contribution in [1.29, 1.82) is 0 Å². The van der Waals surface area contributed by atoms with Crippen LogP contribution in [0.1, 0.15) is 37.2 Å². The maximum atomic E-state index is 6.13. The molecular weight excluding hydrogens is 202 g/mol. The lowest BCUT2D eigenvalue weighted by molar-refractivity contribution is 0.443. The average Bonchev–Trinajstić information content (AvgIpc) is 2.96. The number of furan rings is 1. The van der Waals surface area contributed by atoms with Crippen LogP contribution in [0.3, 0.4) is 0 Å². The maximum absolute atomic E-state index is 6.13. The Morgan fingerprint density at radius 1 is 1.44 bits per heavy atom. The zero-order chi connectivity index (χ0) is 11.5. The molecule has 0 bridgehead atoms. The quantitative estimate of drug-likeness (QED) is 0.856. The molecule has 0 aliphatic heterocycles. The summed E-state index contributed by atoms with van der Waals surface area (Å²) in [5.41, 5.74) is 6.13. The molecule has 0 aromatic carbocycles. The fourth-order valence-electron chi connectivity index (χ4n) is 1.75. The van der Waals surface area contributed by atoms with Crippen LogP contribution in [0, 0.1) is 0 Å². The molecule has 2 N–H and O–H groups in total. The zero-order valence-corrected chi connectivity index (χ0v) is 9.68. The minimum atomic E-state index is -0.282. The van der Waals surface area contributed by atoms with Crippen molar-refractivity contribution in [2.45, 2.75) is 32.9 Å². The molecule has 86 valence electrons. The van der Waals surface area contributed by atoms with E-state index >= 15 is 0 Å². The summed E-state index contributed by atoms with van der Waals surface area (Å²) in [6, 6.07) is 3.61. The number of nitrogens with zero attached hydrogens (tertiary/aromatic N) is 2. The zero-order valence-electron chi connectivity index (χ0n) is 9.68. The standard InChI is InChI=1S/C12H17N3O/c1-3-9-5-6-10(16-9)11(13)12-14-7-8-15(12)4-2/h5-8,11H,3-4,13H2,1-2H3. The van der Waals surface area contributed by atoms with Gasteiger partial charge in [0.25, 0.3) is 0 Å². The molecule has 2 aromatic heterocycles. The molecule has 0 saturated heterocycles. The summed E-state index contributed by atoms with van der Waals surface area (Å²) < 4.78 is 7.67. The van der Waals surface area contributed by atoms with Crippen LogP contribution >= 0.6 is 0 Å². The molecule has 0 radical (unpaired) electrons. The first-order valence-electron chi connectivity index (χ1n) is 5.61. The van der Waals surface area contributed by atoms with Gasteiger partial charge in [-0.2, -0.15) is 0 Å². The first-order valence-corrected chi connectivity index (χ1v) is 5.61. The second-order valence-electron chi connectivity index (χ2n) is 3.71. The van der Waals surface area contributed by atoms with Crippen molar-refractivity contribution in [2.75, 3.05) is 0 Å². The average molecular weight is 219 g/mol. The highest BCUT2D eigenvalue weighted by molar-refractivity contribution is 5.17. The maximum Gasteiger partial charge on any atom is 0.133 e. The number of aryl methyl sites for hydroxylation is 2. The number of aromatic nitrogens is 2. The largest absolute Gasteiger partial charge is 0.464 e. The second-order valence-corrected chi connectivity index (χ2v) is 3.71. The van der Waals surface area contributed by atoms with Crippen LogP contribution in [-0.4, -0.2) is 9.55 Å². The molecule has 0 fully saturated rings. The predicted octanol–water partition coefficient (Wildman–Crippen LogP) is 2.11. The van der Waals surface area contributed by atoms with Crippen molar-refractivity contribution < 1.29 is 4.42 Å². The Bertz CT molecular complexity index is 458. The Hall–Kier alpha value is -1.55. The third-order valence-corrected chi connectivity index (χ3v) is 2.70. The van der Waals surface area contributed by atoms with Gasteiger partial charge in [0.05, 0.1) is 0 Å². The normalized spacial score (nSPS) is 12.9. The molecule has 0 aliphatic carbocycles. The molecule has 2 rings (SSSR count). The molecule has 2 heterocycles. The summed E-state index contributed by atoms with van der Waals surface area (Å²) in [5.74, 6) is 2.58. The molecule has 0 aliphatic rings. The molecule has 2 aromatic rings. The van der Waals surface area contributed by atoms with Crippen molar-refractivity contribution in [2.24, 2.45) is 5.73 Å². The summed E-state index contributed by atoms with van der Waals surface area (Å²) in [7, 11) is 0. The number of hydrogen-bond acceptors (Lipinski definition) is 3. The van der Waals surface area contributed by atoms with Gasteiger partial charge in [-0.15, -0.1) is 0 Å². The third kappa shape index (κ3) is 1.88. The number of rotatable bonds is 4. The van der Waals surface area contributed by atoms with E-state index in [-0.39, 0.29) is 6.04 Å². The van der Waals surface area contributed by atoms with Gasteiger partial charge in [0.1, 0.15) is 23.4 Å². The molecule has 1 unspecified atom stereocenters. The summed E-state index contributed by atoms with van der Waals surface area (Å²) >= 11 is 0. The van der Waals surface area contributed by atoms with Crippen molar-refractivity contribution >= 4 is 0 Å². The lowest BCUT2D eigenvalue weighted by Crippen LogP contribution is -2.16. The molecule has 0 saturated carbocycles. The summed E-state index contributed by atoms with van der Waals surface area (Å²) in [6.07, 6.45) is 4.58. The van der Waals surface area contributed by atoms with Gasteiger partial charge in [-0.3, -0.25) is 0 Å². The van der Waals surface area contributed by atoms with Crippen molar-refractivity contribution in [3.63, 3.8) is 0 Å². The van der Waals surface area contributed by atoms with E-state index in [0.717, 1.165) is 30.3 Å². The van der Waals surface area contributed by atoms with E-state index in [1.54, 1.807) is 6.20 Å². The van der Waals surface area contributed by atoms with Crippen LogP contribution in [0.2, 0.25) is 0 Å². The van der Waals surface area contributed by atoms with Gasteiger partial charge >= 0.3 is 0 Å². The van der Waals surface area contributed by atoms with Gasteiger partial charge in [-0.25, -0.2) is 4.98 Å². The second kappa shape index (κ2) is 4.53. The molecule has 1 atom stereocenters. The minimum Gasteiger partial charge on any atom is -0.464 e. The first kappa shape index (κ1) is 11.0. The monoisotopic (exact) mass is 219 g/mol. The van der Waals surface area contributed by atoms with E-state index in [0.29, 0.717) is 0 Å². The minimum absolute atomic E-state index is 0.282. The van der Waals surface area contributed by atoms with Crippen LogP contribution < -0.4 is 5.73 Å².